The van der Waals surface area contributed by atoms with E-state index in [-0.39, 0.29) is 11.6 Å². The molecule has 0 unspecified atom stereocenters. The van der Waals surface area contributed by atoms with Gasteiger partial charge in [-0.25, -0.2) is 4.39 Å². The molecule has 0 saturated heterocycles. The fraction of sp³-hybridized carbons (Fsp3) is 0.250. The Hall–Kier alpha value is -1.88. The van der Waals surface area contributed by atoms with E-state index < -0.39 is 0 Å². The molecule has 0 radical (unpaired) electrons. The first-order valence-corrected chi connectivity index (χ1v) is 5.26. The Morgan fingerprint density at radius 2 is 2.24 bits per heavy atom. The summed E-state index contributed by atoms with van der Waals surface area (Å²) in [7, 11) is 1.45. The highest BCUT2D eigenvalue weighted by Gasteiger charge is 2.04. The topological polar surface area (TPSA) is 53.1 Å². The third-order valence-electron chi connectivity index (χ3n) is 2.48. The SMILES string of the molecule is COc1cc(Cn2cc(CN)cn2)ccc1F. The van der Waals surface area contributed by atoms with Gasteiger partial charge >= 0.3 is 0 Å². The van der Waals surface area contributed by atoms with Crippen LogP contribution in [0.3, 0.4) is 0 Å². The van der Waals surface area contributed by atoms with Crippen molar-refractivity contribution in [2.75, 3.05) is 7.11 Å². The predicted octanol–water partition coefficient (Wildman–Crippen LogP) is 1.54. The number of ether oxygens (including phenoxy) is 1. The number of hydrogen-bond donors (Lipinski definition) is 1. The van der Waals surface area contributed by atoms with Gasteiger partial charge in [-0.1, -0.05) is 6.07 Å². The fourth-order valence-electron chi connectivity index (χ4n) is 1.59. The summed E-state index contributed by atoms with van der Waals surface area (Å²) in [5, 5.41) is 4.16. The van der Waals surface area contributed by atoms with Crippen molar-refractivity contribution in [3.05, 3.63) is 47.5 Å². The summed E-state index contributed by atoms with van der Waals surface area (Å²) in [6, 6.07) is 4.77. The van der Waals surface area contributed by atoms with Gasteiger partial charge in [0, 0.05) is 18.3 Å². The van der Waals surface area contributed by atoms with E-state index in [1.807, 2.05) is 6.20 Å². The lowest BCUT2D eigenvalue weighted by atomic mass is 10.2. The molecule has 0 spiro atoms. The number of nitrogens with zero attached hydrogens (tertiary/aromatic N) is 2. The lowest BCUT2D eigenvalue weighted by molar-refractivity contribution is 0.385. The van der Waals surface area contributed by atoms with Crippen LogP contribution in [0.25, 0.3) is 0 Å². The molecule has 0 aliphatic carbocycles. The summed E-state index contributed by atoms with van der Waals surface area (Å²) < 4.78 is 19.9. The molecule has 1 aromatic heterocycles. The molecule has 0 bridgehead atoms. The van der Waals surface area contributed by atoms with Crippen molar-refractivity contribution >= 4 is 0 Å². The maximum atomic E-state index is 13.2. The van der Waals surface area contributed by atoms with Crippen LogP contribution in [0.5, 0.6) is 5.75 Å². The van der Waals surface area contributed by atoms with Crippen LogP contribution in [-0.2, 0) is 13.1 Å². The van der Waals surface area contributed by atoms with Crippen LogP contribution in [0.1, 0.15) is 11.1 Å². The number of rotatable bonds is 4. The van der Waals surface area contributed by atoms with E-state index in [2.05, 4.69) is 5.10 Å². The van der Waals surface area contributed by atoms with Crippen LogP contribution in [0, 0.1) is 5.82 Å². The Bertz CT molecular complexity index is 510. The molecule has 2 aromatic rings. The Morgan fingerprint density at radius 3 is 2.88 bits per heavy atom. The zero-order valence-corrected chi connectivity index (χ0v) is 9.56. The normalized spacial score (nSPS) is 10.5. The molecule has 4 nitrogen and oxygen atoms in total. The number of halogens is 1. The first-order chi connectivity index (χ1) is 8.22. The van der Waals surface area contributed by atoms with E-state index >= 15 is 0 Å². The molecule has 0 atom stereocenters. The lowest BCUT2D eigenvalue weighted by Gasteiger charge is -2.05. The molecule has 0 aliphatic heterocycles. The van der Waals surface area contributed by atoms with Gasteiger partial charge in [0.1, 0.15) is 0 Å². The number of aromatic nitrogens is 2. The Labute approximate surface area is 98.8 Å². The van der Waals surface area contributed by atoms with Gasteiger partial charge in [-0.05, 0) is 17.7 Å². The fourth-order valence-corrected chi connectivity index (χ4v) is 1.59. The van der Waals surface area contributed by atoms with Crippen LogP contribution >= 0.6 is 0 Å². The monoisotopic (exact) mass is 235 g/mol. The maximum Gasteiger partial charge on any atom is 0.165 e. The summed E-state index contributed by atoms with van der Waals surface area (Å²) in [5.74, 6) is -0.118. The van der Waals surface area contributed by atoms with Gasteiger partial charge in [-0.15, -0.1) is 0 Å². The lowest BCUT2D eigenvalue weighted by Crippen LogP contribution is -2.01. The maximum absolute atomic E-state index is 13.2. The second kappa shape index (κ2) is 4.97. The van der Waals surface area contributed by atoms with E-state index in [4.69, 9.17) is 10.5 Å². The minimum atomic E-state index is -0.362. The standard InChI is InChI=1S/C12H14FN3O/c1-17-12-4-9(2-3-11(12)13)7-16-8-10(5-14)6-15-16/h2-4,6,8H,5,7,14H2,1H3. The van der Waals surface area contributed by atoms with Crippen molar-refractivity contribution in [2.45, 2.75) is 13.1 Å². The molecule has 2 N–H and O–H groups in total. The van der Waals surface area contributed by atoms with Crippen molar-refractivity contribution in [3.63, 3.8) is 0 Å². The highest BCUT2D eigenvalue weighted by Crippen LogP contribution is 2.18. The molecule has 0 fully saturated rings. The molecule has 1 heterocycles. The van der Waals surface area contributed by atoms with Crippen LogP contribution in [-0.4, -0.2) is 16.9 Å². The third kappa shape index (κ3) is 2.62. The van der Waals surface area contributed by atoms with Gasteiger partial charge in [0.15, 0.2) is 11.6 Å². The largest absolute Gasteiger partial charge is 0.494 e. The van der Waals surface area contributed by atoms with Gasteiger partial charge in [-0.2, -0.15) is 5.10 Å². The molecule has 90 valence electrons. The van der Waals surface area contributed by atoms with Crippen molar-refractivity contribution in [1.82, 2.24) is 9.78 Å². The zero-order chi connectivity index (χ0) is 12.3. The van der Waals surface area contributed by atoms with Crippen molar-refractivity contribution in [2.24, 2.45) is 5.73 Å². The number of methoxy groups -OCH3 is 1. The molecular formula is C12H14FN3O. The second-order valence-corrected chi connectivity index (χ2v) is 3.72. The van der Waals surface area contributed by atoms with Gasteiger partial charge < -0.3 is 10.5 Å². The van der Waals surface area contributed by atoms with Gasteiger partial charge in [0.05, 0.1) is 19.9 Å². The van der Waals surface area contributed by atoms with Crippen LogP contribution in [0.4, 0.5) is 4.39 Å². The van der Waals surface area contributed by atoms with Crippen LogP contribution < -0.4 is 10.5 Å². The summed E-state index contributed by atoms with van der Waals surface area (Å²) >= 11 is 0. The minimum Gasteiger partial charge on any atom is -0.494 e. The Morgan fingerprint density at radius 1 is 1.41 bits per heavy atom. The van der Waals surface area contributed by atoms with Gasteiger partial charge in [0.25, 0.3) is 0 Å². The van der Waals surface area contributed by atoms with Crippen molar-refractivity contribution < 1.29 is 9.13 Å². The number of hydrogen-bond acceptors (Lipinski definition) is 3. The first kappa shape index (κ1) is 11.6. The Balaban J connectivity index is 2.18. The highest BCUT2D eigenvalue weighted by molar-refractivity contribution is 5.30. The predicted molar refractivity (Wildman–Crippen MR) is 62.2 cm³/mol. The molecule has 0 aliphatic rings. The number of benzene rings is 1. The molecular weight excluding hydrogens is 221 g/mol. The van der Waals surface area contributed by atoms with E-state index in [0.717, 1.165) is 11.1 Å². The number of nitrogens with two attached hydrogens (primary N) is 1. The molecule has 17 heavy (non-hydrogen) atoms. The molecule has 0 saturated carbocycles. The van der Waals surface area contributed by atoms with Gasteiger partial charge in [-0.3, -0.25) is 4.68 Å². The molecule has 5 heteroatoms. The highest BCUT2D eigenvalue weighted by atomic mass is 19.1. The summed E-state index contributed by atoms with van der Waals surface area (Å²) in [6.45, 7) is 1.03. The summed E-state index contributed by atoms with van der Waals surface area (Å²) in [5.41, 5.74) is 7.40. The van der Waals surface area contributed by atoms with E-state index in [9.17, 15) is 4.39 Å². The molecule has 2 rings (SSSR count). The van der Waals surface area contributed by atoms with Crippen LogP contribution in [0.15, 0.2) is 30.6 Å². The average molecular weight is 235 g/mol. The van der Waals surface area contributed by atoms with Crippen molar-refractivity contribution in [1.29, 1.82) is 0 Å². The summed E-state index contributed by atoms with van der Waals surface area (Å²) in [4.78, 5) is 0. The third-order valence-corrected chi connectivity index (χ3v) is 2.48. The first-order valence-electron chi connectivity index (χ1n) is 5.26. The van der Waals surface area contributed by atoms with Gasteiger partial charge in [0.2, 0.25) is 0 Å². The van der Waals surface area contributed by atoms with E-state index in [1.165, 1.54) is 13.2 Å². The Kier molecular flexibility index (Phi) is 3.39. The minimum absolute atomic E-state index is 0.244. The smallest absolute Gasteiger partial charge is 0.165 e. The quantitative estimate of drug-likeness (QED) is 0.874. The van der Waals surface area contributed by atoms with E-state index in [1.54, 1.807) is 23.0 Å². The van der Waals surface area contributed by atoms with Crippen molar-refractivity contribution in [3.8, 4) is 5.75 Å². The molecule has 0 amide bonds. The molecule has 1 aromatic carbocycles. The summed E-state index contributed by atoms with van der Waals surface area (Å²) in [6.07, 6.45) is 3.59. The van der Waals surface area contributed by atoms with Crippen LogP contribution in [0.2, 0.25) is 0 Å². The van der Waals surface area contributed by atoms with E-state index in [0.29, 0.717) is 13.1 Å². The second-order valence-electron chi connectivity index (χ2n) is 3.72. The zero-order valence-electron chi connectivity index (χ0n) is 9.56. The average Bonchev–Trinajstić information content (AvgIpc) is 2.79.